The maximum atomic E-state index is 2.46. The molecule has 0 aliphatic carbocycles. The van der Waals surface area contributed by atoms with E-state index in [0.717, 1.165) is 6.54 Å². The Morgan fingerprint density at radius 1 is 0.917 bits per heavy atom. The third kappa shape index (κ3) is 9.39. The van der Waals surface area contributed by atoms with Gasteiger partial charge in [-0.3, -0.25) is 4.90 Å². The van der Waals surface area contributed by atoms with Crippen LogP contribution in [0.4, 0.5) is 0 Å². The van der Waals surface area contributed by atoms with Gasteiger partial charge in [0.05, 0.1) is 0 Å². The molecule has 0 saturated carbocycles. The van der Waals surface area contributed by atoms with Crippen LogP contribution in [0.5, 0.6) is 0 Å². The molecule has 0 bridgehead atoms. The first-order valence-corrected chi connectivity index (χ1v) is 3.85. The summed E-state index contributed by atoms with van der Waals surface area (Å²) in [6, 6.07) is 1.38. The summed E-state index contributed by atoms with van der Waals surface area (Å²) in [7, 11) is 0. The van der Waals surface area contributed by atoms with E-state index in [2.05, 4.69) is 39.5 Å². The minimum Gasteiger partial charge on any atom is -1.00 e. The Labute approximate surface area is 106 Å². The molecule has 0 heterocycles. The average Bonchev–Trinajstić information content (AvgIpc) is 1.64. The molecule has 0 N–H and O–H groups in total. The zero-order valence-corrected chi connectivity index (χ0v) is 11.7. The molecule has 0 rings (SSSR count). The van der Waals surface area contributed by atoms with E-state index in [1.54, 1.807) is 0 Å². The fourth-order valence-corrected chi connectivity index (χ4v) is 1.33. The fraction of sp³-hybridized carbons (Fsp3) is 1.00. The van der Waals surface area contributed by atoms with Crippen molar-refractivity contribution < 1.29 is 24.8 Å². The zero-order valence-electron chi connectivity index (χ0n) is 8.77. The van der Waals surface area contributed by atoms with E-state index in [-0.39, 0.29) is 47.9 Å². The SMILES string of the molecule is CCN(C(C)C)C(C)C.[Cl-].[Cl-].[Mg+2]. The molecule has 4 heteroatoms. The van der Waals surface area contributed by atoms with Crippen molar-refractivity contribution in [2.75, 3.05) is 6.54 Å². The van der Waals surface area contributed by atoms with E-state index in [9.17, 15) is 0 Å². The Morgan fingerprint density at radius 2 is 1.17 bits per heavy atom. The van der Waals surface area contributed by atoms with Crippen LogP contribution in [0, 0.1) is 0 Å². The van der Waals surface area contributed by atoms with Crippen LogP contribution >= 0.6 is 0 Å². The second-order valence-electron chi connectivity index (χ2n) is 3.02. The van der Waals surface area contributed by atoms with E-state index in [1.165, 1.54) is 0 Å². The van der Waals surface area contributed by atoms with Gasteiger partial charge >= 0.3 is 23.1 Å². The van der Waals surface area contributed by atoms with Gasteiger partial charge in [0.2, 0.25) is 0 Å². The Hall–Kier alpha value is 1.31. The maximum absolute atomic E-state index is 2.46. The predicted molar refractivity (Wildman–Crippen MR) is 48.4 cm³/mol. The van der Waals surface area contributed by atoms with Crippen molar-refractivity contribution in [2.45, 2.75) is 46.7 Å². The minimum absolute atomic E-state index is 0. The molecule has 0 radical (unpaired) electrons. The predicted octanol–water partition coefficient (Wildman–Crippen LogP) is -4.25. The van der Waals surface area contributed by atoms with Gasteiger partial charge in [-0.1, -0.05) is 6.92 Å². The molecular formula is C8H19Cl2MgN. The second-order valence-corrected chi connectivity index (χ2v) is 3.02. The van der Waals surface area contributed by atoms with Crippen LogP contribution in [0.15, 0.2) is 0 Å². The van der Waals surface area contributed by atoms with Crippen molar-refractivity contribution in [3.63, 3.8) is 0 Å². The Balaban J connectivity index is -0.000000107. The second kappa shape index (κ2) is 12.3. The first-order valence-electron chi connectivity index (χ1n) is 3.85. The molecule has 12 heavy (non-hydrogen) atoms. The van der Waals surface area contributed by atoms with E-state index in [4.69, 9.17) is 0 Å². The molecular weight excluding hydrogens is 205 g/mol. The number of rotatable bonds is 3. The third-order valence-corrected chi connectivity index (χ3v) is 1.69. The number of hydrogen-bond acceptors (Lipinski definition) is 1. The molecule has 72 valence electrons. The number of hydrogen-bond donors (Lipinski definition) is 0. The summed E-state index contributed by atoms with van der Waals surface area (Å²) in [5.41, 5.74) is 0. The summed E-state index contributed by atoms with van der Waals surface area (Å²) in [6.45, 7) is 12.3. The minimum atomic E-state index is 0. The van der Waals surface area contributed by atoms with Crippen molar-refractivity contribution in [3.05, 3.63) is 0 Å². The summed E-state index contributed by atoms with van der Waals surface area (Å²) in [6.07, 6.45) is 0. The van der Waals surface area contributed by atoms with Gasteiger partial charge in [-0.25, -0.2) is 0 Å². The fourth-order valence-electron chi connectivity index (χ4n) is 1.33. The Morgan fingerprint density at radius 3 is 1.17 bits per heavy atom. The van der Waals surface area contributed by atoms with Crippen LogP contribution < -0.4 is 24.8 Å². The molecule has 0 spiro atoms. The molecule has 1 nitrogen and oxygen atoms in total. The Kier molecular flexibility index (Phi) is 23.9. The summed E-state index contributed by atoms with van der Waals surface area (Å²) in [4.78, 5) is 2.46. The van der Waals surface area contributed by atoms with Gasteiger partial charge in [-0.2, -0.15) is 0 Å². The molecule has 0 amide bonds. The summed E-state index contributed by atoms with van der Waals surface area (Å²) >= 11 is 0. The first-order chi connectivity index (χ1) is 4.09. The van der Waals surface area contributed by atoms with Gasteiger partial charge < -0.3 is 24.8 Å². The van der Waals surface area contributed by atoms with Crippen molar-refractivity contribution in [1.29, 1.82) is 0 Å². The van der Waals surface area contributed by atoms with Crippen LogP contribution in [0.25, 0.3) is 0 Å². The Bertz CT molecular complexity index is 71.5. The third-order valence-electron chi connectivity index (χ3n) is 1.69. The average molecular weight is 224 g/mol. The molecule has 0 aliphatic rings. The molecule has 0 saturated heterocycles. The molecule has 0 aromatic carbocycles. The van der Waals surface area contributed by atoms with Crippen molar-refractivity contribution in [2.24, 2.45) is 0 Å². The first kappa shape index (κ1) is 23.3. The van der Waals surface area contributed by atoms with E-state index in [1.807, 2.05) is 0 Å². The molecule has 0 unspecified atom stereocenters. The van der Waals surface area contributed by atoms with Gasteiger partial charge in [-0.15, -0.1) is 0 Å². The van der Waals surface area contributed by atoms with Gasteiger partial charge in [0, 0.05) is 12.1 Å². The number of nitrogens with zero attached hydrogens (tertiary/aromatic N) is 1. The maximum Gasteiger partial charge on any atom is 2.00 e. The molecule has 0 aromatic rings. The largest absolute Gasteiger partial charge is 2.00 e. The normalized spacial score (nSPS) is 9.00. The van der Waals surface area contributed by atoms with Crippen LogP contribution in [0.3, 0.4) is 0 Å². The standard InChI is InChI=1S/C8H19N.2ClH.Mg/c1-6-9(7(2)3)8(4)5;;;/h7-8H,6H2,1-5H3;2*1H;/q;;;+2/p-2. The summed E-state index contributed by atoms with van der Waals surface area (Å²) in [5, 5.41) is 0. The molecule has 0 aromatic heterocycles. The molecule has 0 aliphatic heterocycles. The van der Waals surface area contributed by atoms with Crippen LogP contribution in [0.1, 0.15) is 34.6 Å². The van der Waals surface area contributed by atoms with Gasteiger partial charge in [0.25, 0.3) is 0 Å². The topological polar surface area (TPSA) is 3.24 Å². The van der Waals surface area contributed by atoms with Crippen molar-refractivity contribution in [3.8, 4) is 0 Å². The van der Waals surface area contributed by atoms with Gasteiger partial charge in [-0.05, 0) is 34.2 Å². The molecule has 0 atom stereocenters. The van der Waals surface area contributed by atoms with Gasteiger partial charge in [0.15, 0.2) is 0 Å². The number of halogens is 2. The molecule has 0 fully saturated rings. The summed E-state index contributed by atoms with van der Waals surface area (Å²) in [5.74, 6) is 0. The summed E-state index contributed by atoms with van der Waals surface area (Å²) < 4.78 is 0. The van der Waals surface area contributed by atoms with E-state index < -0.39 is 0 Å². The van der Waals surface area contributed by atoms with Crippen LogP contribution in [-0.4, -0.2) is 46.6 Å². The van der Waals surface area contributed by atoms with Gasteiger partial charge in [0.1, 0.15) is 0 Å². The zero-order chi connectivity index (χ0) is 7.44. The monoisotopic (exact) mass is 223 g/mol. The van der Waals surface area contributed by atoms with Crippen LogP contribution in [0.2, 0.25) is 0 Å². The van der Waals surface area contributed by atoms with Crippen LogP contribution in [-0.2, 0) is 0 Å². The van der Waals surface area contributed by atoms with Crippen molar-refractivity contribution >= 4 is 23.1 Å². The van der Waals surface area contributed by atoms with E-state index >= 15 is 0 Å². The smallest absolute Gasteiger partial charge is 1.00 e. The quantitative estimate of drug-likeness (QED) is 0.439. The van der Waals surface area contributed by atoms with E-state index in [0.29, 0.717) is 12.1 Å². The van der Waals surface area contributed by atoms with Crippen molar-refractivity contribution in [1.82, 2.24) is 4.90 Å².